The van der Waals surface area contributed by atoms with Gasteiger partial charge in [-0.2, -0.15) is 0 Å². The molecule has 1 atom stereocenters. The molecule has 2 rings (SSSR count). The van der Waals surface area contributed by atoms with Gasteiger partial charge in [0.05, 0.1) is 0 Å². The number of benzene rings is 1. The van der Waals surface area contributed by atoms with Gasteiger partial charge in [0.1, 0.15) is 11.8 Å². The average Bonchev–Trinajstić information content (AvgIpc) is 2.52. The van der Waals surface area contributed by atoms with Crippen molar-refractivity contribution < 1.29 is 14.3 Å². The molecule has 5 nitrogen and oxygen atoms in total. The van der Waals surface area contributed by atoms with Gasteiger partial charge in [0.25, 0.3) is 5.91 Å². The first-order valence-corrected chi connectivity index (χ1v) is 8.22. The molecule has 1 aromatic rings. The fourth-order valence-electron chi connectivity index (χ4n) is 2.99. The van der Waals surface area contributed by atoms with E-state index >= 15 is 0 Å². The number of likely N-dealkylation sites (tertiary alicyclic amines) is 1. The fourth-order valence-corrected chi connectivity index (χ4v) is 2.99. The highest BCUT2D eigenvalue weighted by Crippen LogP contribution is 2.27. The Labute approximate surface area is 137 Å². The monoisotopic (exact) mass is 318 g/mol. The Balaban J connectivity index is 2.06. The Hall–Kier alpha value is -2.04. The van der Waals surface area contributed by atoms with Crippen LogP contribution in [-0.2, 0) is 9.59 Å². The molecule has 0 aromatic heterocycles. The molecule has 1 fully saturated rings. The highest BCUT2D eigenvalue weighted by Gasteiger charge is 2.30. The van der Waals surface area contributed by atoms with E-state index in [1.54, 1.807) is 4.90 Å². The number of aryl methyl sites for hydroxylation is 1. The number of primary amides is 1. The van der Waals surface area contributed by atoms with E-state index in [2.05, 4.69) is 13.8 Å². The number of amides is 2. The predicted molar refractivity (Wildman–Crippen MR) is 89.3 cm³/mol. The molecule has 0 radical (unpaired) electrons. The second-order valence-corrected chi connectivity index (χ2v) is 6.49. The summed E-state index contributed by atoms with van der Waals surface area (Å²) in [5.74, 6) is 0.441. The summed E-state index contributed by atoms with van der Waals surface area (Å²) in [4.78, 5) is 25.5. The van der Waals surface area contributed by atoms with Crippen molar-refractivity contribution in [2.75, 3.05) is 13.2 Å². The van der Waals surface area contributed by atoms with E-state index in [1.165, 1.54) is 0 Å². The highest BCUT2D eigenvalue weighted by molar-refractivity contribution is 5.87. The van der Waals surface area contributed by atoms with E-state index in [-0.39, 0.29) is 12.5 Å². The van der Waals surface area contributed by atoms with Gasteiger partial charge < -0.3 is 15.4 Å². The molecule has 1 aliphatic heterocycles. The summed E-state index contributed by atoms with van der Waals surface area (Å²) in [6.45, 7) is 6.68. The van der Waals surface area contributed by atoms with E-state index in [1.807, 2.05) is 25.1 Å². The van der Waals surface area contributed by atoms with E-state index < -0.39 is 11.9 Å². The van der Waals surface area contributed by atoms with Crippen LogP contribution in [0.1, 0.15) is 50.2 Å². The Morgan fingerprint density at radius 2 is 2.09 bits per heavy atom. The molecule has 2 amide bonds. The van der Waals surface area contributed by atoms with Gasteiger partial charge in [-0.15, -0.1) is 0 Å². The summed E-state index contributed by atoms with van der Waals surface area (Å²) in [5, 5.41) is 0. The van der Waals surface area contributed by atoms with Crippen molar-refractivity contribution in [3.05, 3.63) is 29.3 Å². The molecule has 126 valence electrons. The standard InChI is InChI=1S/C18H26N2O3/c1-12(2)14-8-7-13(3)10-16(14)23-11-17(21)20-9-5-4-6-15(20)18(19)22/h7-8,10,12,15H,4-6,9,11H2,1-3H3,(H2,19,22). The van der Waals surface area contributed by atoms with Gasteiger partial charge in [0.2, 0.25) is 5.91 Å². The van der Waals surface area contributed by atoms with Crippen molar-refractivity contribution >= 4 is 11.8 Å². The number of rotatable bonds is 5. The summed E-state index contributed by atoms with van der Waals surface area (Å²) < 4.78 is 5.78. The second-order valence-electron chi connectivity index (χ2n) is 6.49. The van der Waals surface area contributed by atoms with E-state index in [0.29, 0.717) is 18.9 Å². The Kier molecular flexibility index (Phi) is 5.64. The van der Waals surface area contributed by atoms with Gasteiger partial charge in [0.15, 0.2) is 6.61 Å². The molecular weight excluding hydrogens is 292 g/mol. The molecule has 23 heavy (non-hydrogen) atoms. The normalized spacial score (nSPS) is 18.1. The van der Waals surface area contributed by atoms with Gasteiger partial charge in [0, 0.05) is 6.54 Å². The summed E-state index contributed by atoms with van der Waals surface area (Å²) in [6.07, 6.45) is 2.47. The number of nitrogens with zero attached hydrogens (tertiary/aromatic N) is 1. The summed E-state index contributed by atoms with van der Waals surface area (Å²) >= 11 is 0. The minimum Gasteiger partial charge on any atom is -0.483 e. The summed E-state index contributed by atoms with van der Waals surface area (Å²) in [7, 11) is 0. The highest BCUT2D eigenvalue weighted by atomic mass is 16.5. The third-order valence-corrected chi connectivity index (χ3v) is 4.29. The zero-order valence-electron chi connectivity index (χ0n) is 14.2. The van der Waals surface area contributed by atoms with E-state index in [9.17, 15) is 9.59 Å². The number of carbonyl (C=O) groups excluding carboxylic acids is 2. The molecule has 1 unspecified atom stereocenters. The lowest BCUT2D eigenvalue weighted by atomic mass is 10.0. The molecule has 1 heterocycles. The zero-order valence-corrected chi connectivity index (χ0v) is 14.2. The Bertz CT molecular complexity index is 584. The summed E-state index contributed by atoms with van der Waals surface area (Å²) in [6, 6.07) is 5.52. The number of carbonyl (C=O) groups is 2. The van der Waals surface area contributed by atoms with Crippen LogP contribution in [0.2, 0.25) is 0 Å². The number of hydrogen-bond acceptors (Lipinski definition) is 3. The minimum absolute atomic E-state index is 0.0625. The lowest BCUT2D eigenvalue weighted by Gasteiger charge is -2.33. The number of ether oxygens (including phenoxy) is 1. The number of hydrogen-bond donors (Lipinski definition) is 1. The molecule has 1 aromatic carbocycles. The largest absolute Gasteiger partial charge is 0.483 e. The molecular formula is C18H26N2O3. The predicted octanol–water partition coefficient (Wildman–Crippen LogP) is 2.36. The van der Waals surface area contributed by atoms with Crippen molar-refractivity contribution in [3.63, 3.8) is 0 Å². The molecule has 0 spiro atoms. The quantitative estimate of drug-likeness (QED) is 0.906. The van der Waals surface area contributed by atoms with Gasteiger partial charge in [-0.05, 0) is 49.3 Å². The van der Waals surface area contributed by atoms with Gasteiger partial charge in [-0.1, -0.05) is 26.0 Å². The van der Waals surface area contributed by atoms with Gasteiger partial charge in [-0.25, -0.2) is 0 Å². The molecule has 1 saturated heterocycles. The first kappa shape index (κ1) is 17.3. The maximum Gasteiger partial charge on any atom is 0.261 e. The second kappa shape index (κ2) is 7.49. The molecule has 0 bridgehead atoms. The third-order valence-electron chi connectivity index (χ3n) is 4.29. The van der Waals surface area contributed by atoms with E-state index in [0.717, 1.165) is 29.7 Å². The van der Waals surface area contributed by atoms with Crippen molar-refractivity contribution in [2.45, 2.75) is 52.0 Å². The molecule has 0 saturated carbocycles. The van der Waals surface area contributed by atoms with Crippen molar-refractivity contribution in [2.24, 2.45) is 5.73 Å². The lowest BCUT2D eigenvalue weighted by molar-refractivity contribution is -0.142. The van der Waals surface area contributed by atoms with Crippen LogP contribution in [0.3, 0.4) is 0 Å². The van der Waals surface area contributed by atoms with Crippen LogP contribution in [0, 0.1) is 6.92 Å². The first-order valence-electron chi connectivity index (χ1n) is 8.22. The van der Waals surface area contributed by atoms with Gasteiger partial charge >= 0.3 is 0 Å². The van der Waals surface area contributed by atoms with Crippen molar-refractivity contribution in [3.8, 4) is 5.75 Å². The van der Waals surface area contributed by atoms with E-state index in [4.69, 9.17) is 10.5 Å². The molecule has 1 aliphatic rings. The van der Waals surface area contributed by atoms with Crippen LogP contribution >= 0.6 is 0 Å². The number of nitrogens with two attached hydrogens (primary N) is 1. The Morgan fingerprint density at radius 3 is 2.74 bits per heavy atom. The first-order chi connectivity index (χ1) is 10.9. The molecule has 5 heteroatoms. The maximum atomic E-state index is 12.4. The smallest absolute Gasteiger partial charge is 0.261 e. The lowest BCUT2D eigenvalue weighted by Crippen LogP contribution is -2.51. The van der Waals surface area contributed by atoms with Crippen LogP contribution < -0.4 is 10.5 Å². The SMILES string of the molecule is Cc1ccc(C(C)C)c(OCC(=O)N2CCCCC2C(N)=O)c1. The molecule has 0 aliphatic carbocycles. The maximum absolute atomic E-state index is 12.4. The molecule has 2 N–H and O–H groups in total. The fraction of sp³-hybridized carbons (Fsp3) is 0.556. The van der Waals surface area contributed by atoms with Crippen molar-refractivity contribution in [1.82, 2.24) is 4.90 Å². The Morgan fingerprint density at radius 1 is 1.35 bits per heavy atom. The topological polar surface area (TPSA) is 72.6 Å². The van der Waals surface area contributed by atoms with Crippen LogP contribution in [0.25, 0.3) is 0 Å². The number of piperidine rings is 1. The van der Waals surface area contributed by atoms with Crippen LogP contribution in [0.5, 0.6) is 5.75 Å². The average molecular weight is 318 g/mol. The van der Waals surface area contributed by atoms with Crippen molar-refractivity contribution in [1.29, 1.82) is 0 Å². The van der Waals surface area contributed by atoms with Crippen LogP contribution in [-0.4, -0.2) is 35.9 Å². The summed E-state index contributed by atoms with van der Waals surface area (Å²) in [5.41, 5.74) is 7.58. The third kappa shape index (κ3) is 4.24. The van der Waals surface area contributed by atoms with Gasteiger partial charge in [-0.3, -0.25) is 9.59 Å². The van der Waals surface area contributed by atoms with Crippen LogP contribution in [0.15, 0.2) is 18.2 Å². The minimum atomic E-state index is -0.498. The zero-order chi connectivity index (χ0) is 17.0. The van der Waals surface area contributed by atoms with Crippen LogP contribution in [0.4, 0.5) is 0 Å².